The van der Waals surface area contributed by atoms with E-state index in [2.05, 4.69) is 5.32 Å². The fraction of sp³-hybridized carbons (Fsp3) is 0.875. The Labute approximate surface area is 132 Å². The van der Waals surface area contributed by atoms with Crippen LogP contribution < -0.4 is 5.32 Å². The molecule has 0 bridgehead atoms. The van der Waals surface area contributed by atoms with E-state index in [4.69, 9.17) is 9.47 Å². The molecule has 6 heteroatoms. The van der Waals surface area contributed by atoms with Gasteiger partial charge in [-0.25, -0.2) is 4.79 Å². The van der Waals surface area contributed by atoms with Gasteiger partial charge in [0.05, 0.1) is 6.61 Å². The number of ether oxygens (including phenoxy) is 2. The highest BCUT2D eigenvalue weighted by molar-refractivity contribution is 5.76. The van der Waals surface area contributed by atoms with Gasteiger partial charge in [-0.15, -0.1) is 0 Å². The van der Waals surface area contributed by atoms with Gasteiger partial charge in [-0.2, -0.15) is 0 Å². The summed E-state index contributed by atoms with van der Waals surface area (Å²) in [7, 11) is 0. The second-order valence-electron chi connectivity index (χ2n) is 7.15. The lowest BCUT2D eigenvalue weighted by molar-refractivity contribution is -0.153. The Balaban J connectivity index is 2.58. The molecule has 0 aromatic carbocycles. The van der Waals surface area contributed by atoms with Crippen molar-refractivity contribution in [2.75, 3.05) is 19.8 Å². The fourth-order valence-corrected chi connectivity index (χ4v) is 2.20. The van der Waals surface area contributed by atoms with Crippen LogP contribution >= 0.6 is 0 Å². The molecule has 22 heavy (non-hydrogen) atoms. The average Bonchev–Trinajstić information content (AvgIpc) is 3.17. The van der Waals surface area contributed by atoms with Gasteiger partial charge in [-0.1, -0.05) is 13.3 Å². The van der Waals surface area contributed by atoms with E-state index in [1.807, 2.05) is 6.92 Å². The summed E-state index contributed by atoms with van der Waals surface area (Å²) in [6.07, 6.45) is 2.86. The van der Waals surface area contributed by atoms with E-state index in [-0.39, 0.29) is 13.2 Å². The van der Waals surface area contributed by atoms with Crippen LogP contribution in [0.5, 0.6) is 0 Å². The lowest BCUT2D eigenvalue weighted by atomic mass is 9.84. The van der Waals surface area contributed by atoms with Crippen molar-refractivity contribution in [2.24, 2.45) is 11.3 Å². The van der Waals surface area contributed by atoms with Gasteiger partial charge in [0, 0.05) is 13.2 Å². The lowest BCUT2D eigenvalue weighted by Crippen LogP contribution is -2.47. The van der Waals surface area contributed by atoms with Gasteiger partial charge in [0.15, 0.2) is 0 Å². The molecule has 1 amide bonds. The maximum Gasteiger partial charge on any atom is 0.407 e. The highest BCUT2D eigenvalue weighted by atomic mass is 16.6. The summed E-state index contributed by atoms with van der Waals surface area (Å²) < 4.78 is 10.8. The van der Waals surface area contributed by atoms with Crippen molar-refractivity contribution in [2.45, 2.75) is 59.0 Å². The number of rotatable bonds is 9. The number of carbonyl (C=O) groups excluding carboxylic acids is 1. The maximum atomic E-state index is 11.8. The zero-order valence-electron chi connectivity index (χ0n) is 14.1. The van der Waals surface area contributed by atoms with E-state index >= 15 is 0 Å². The summed E-state index contributed by atoms with van der Waals surface area (Å²) in [5, 5.41) is 12.2. The molecule has 6 nitrogen and oxygen atoms in total. The van der Waals surface area contributed by atoms with E-state index in [1.165, 1.54) is 0 Å². The van der Waals surface area contributed by atoms with Crippen LogP contribution in [-0.4, -0.2) is 42.5 Å². The Bertz CT molecular complexity index is 386. The Morgan fingerprint density at radius 2 is 1.91 bits per heavy atom. The van der Waals surface area contributed by atoms with Gasteiger partial charge in [-0.05, 0) is 46.0 Å². The minimum absolute atomic E-state index is 0.00968. The lowest BCUT2D eigenvalue weighted by Gasteiger charge is -2.30. The van der Waals surface area contributed by atoms with Gasteiger partial charge in [0.1, 0.15) is 11.0 Å². The van der Waals surface area contributed by atoms with Gasteiger partial charge < -0.3 is 19.9 Å². The highest BCUT2D eigenvalue weighted by Crippen LogP contribution is 2.31. The first-order valence-electron chi connectivity index (χ1n) is 7.96. The van der Waals surface area contributed by atoms with E-state index in [9.17, 15) is 14.7 Å². The molecular formula is C16H29NO5. The molecule has 0 heterocycles. The molecule has 2 N–H and O–H groups in total. The molecule has 1 rings (SSSR count). The van der Waals surface area contributed by atoms with Crippen LogP contribution in [-0.2, 0) is 14.3 Å². The van der Waals surface area contributed by atoms with Crippen molar-refractivity contribution in [3.8, 4) is 0 Å². The Morgan fingerprint density at radius 1 is 1.27 bits per heavy atom. The summed E-state index contributed by atoms with van der Waals surface area (Å²) in [6.45, 7) is 7.95. The summed E-state index contributed by atoms with van der Waals surface area (Å²) in [4.78, 5) is 23.5. The van der Waals surface area contributed by atoms with E-state index in [0.717, 1.165) is 12.8 Å². The molecule has 0 aromatic heterocycles. The van der Waals surface area contributed by atoms with Gasteiger partial charge in [-0.3, -0.25) is 4.79 Å². The third-order valence-corrected chi connectivity index (χ3v) is 3.58. The quantitative estimate of drug-likeness (QED) is 0.683. The van der Waals surface area contributed by atoms with Crippen LogP contribution in [0.15, 0.2) is 0 Å². The Kier molecular flexibility index (Phi) is 6.66. The molecule has 0 aliphatic heterocycles. The van der Waals surface area contributed by atoms with Crippen molar-refractivity contribution < 1.29 is 24.2 Å². The number of nitrogens with one attached hydrogen (secondary N) is 1. The highest BCUT2D eigenvalue weighted by Gasteiger charge is 2.39. The van der Waals surface area contributed by atoms with Crippen LogP contribution in [0.4, 0.5) is 4.79 Å². The fourth-order valence-electron chi connectivity index (χ4n) is 2.20. The molecule has 1 unspecified atom stereocenters. The Hall–Kier alpha value is -1.30. The van der Waals surface area contributed by atoms with Crippen molar-refractivity contribution in [1.82, 2.24) is 5.32 Å². The zero-order valence-corrected chi connectivity index (χ0v) is 14.1. The molecule has 0 spiro atoms. The van der Waals surface area contributed by atoms with Crippen LogP contribution in [0, 0.1) is 11.3 Å². The SMILES string of the molecule is CCCC(CNC(=O)OC(C)(C)C)(COCC1CC1)C(=O)O. The van der Waals surface area contributed by atoms with Crippen LogP contribution in [0.2, 0.25) is 0 Å². The van der Waals surface area contributed by atoms with E-state index < -0.39 is 23.1 Å². The molecular weight excluding hydrogens is 286 g/mol. The summed E-state index contributed by atoms with van der Waals surface area (Å²) >= 11 is 0. The first kappa shape index (κ1) is 18.7. The van der Waals surface area contributed by atoms with Crippen molar-refractivity contribution >= 4 is 12.1 Å². The van der Waals surface area contributed by atoms with Crippen LogP contribution in [0.1, 0.15) is 53.4 Å². The van der Waals surface area contributed by atoms with E-state index in [1.54, 1.807) is 20.8 Å². The molecule has 1 saturated carbocycles. The number of carboxylic acid groups (broad SMARTS) is 1. The molecule has 0 aromatic rings. The molecule has 0 radical (unpaired) electrons. The molecule has 1 atom stereocenters. The first-order valence-corrected chi connectivity index (χ1v) is 7.96. The normalized spacial score (nSPS) is 17.6. The minimum atomic E-state index is -1.10. The van der Waals surface area contributed by atoms with Gasteiger partial charge in [0.2, 0.25) is 0 Å². The Morgan fingerprint density at radius 3 is 2.36 bits per heavy atom. The summed E-state index contributed by atoms with van der Waals surface area (Å²) in [5.74, 6) is -0.367. The first-order chi connectivity index (χ1) is 10.2. The summed E-state index contributed by atoms with van der Waals surface area (Å²) in [5.41, 5.74) is -1.70. The molecule has 0 saturated heterocycles. The van der Waals surface area contributed by atoms with Crippen molar-refractivity contribution in [1.29, 1.82) is 0 Å². The monoisotopic (exact) mass is 315 g/mol. The number of hydrogen-bond donors (Lipinski definition) is 2. The largest absolute Gasteiger partial charge is 0.481 e. The standard InChI is InChI=1S/C16H29NO5/c1-5-8-16(13(18)19,11-21-9-12-6-7-12)10-17-14(20)22-15(2,3)4/h12H,5-11H2,1-4H3,(H,17,20)(H,18,19). The third-order valence-electron chi connectivity index (χ3n) is 3.58. The molecule has 128 valence electrons. The summed E-state index contributed by atoms with van der Waals surface area (Å²) in [6, 6.07) is 0. The number of alkyl carbamates (subject to hydrolysis) is 1. The molecule has 1 aliphatic rings. The smallest absolute Gasteiger partial charge is 0.407 e. The average molecular weight is 315 g/mol. The number of amides is 1. The van der Waals surface area contributed by atoms with Crippen LogP contribution in [0.25, 0.3) is 0 Å². The molecule has 1 fully saturated rings. The maximum absolute atomic E-state index is 11.8. The van der Waals surface area contributed by atoms with Gasteiger partial charge >= 0.3 is 12.1 Å². The second kappa shape index (κ2) is 7.81. The number of carboxylic acids is 1. The second-order valence-corrected chi connectivity index (χ2v) is 7.15. The number of aliphatic carboxylic acids is 1. The topological polar surface area (TPSA) is 84.9 Å². The van der Waals surface area contributed by atoms with Crippen molar-refractivity contribution in [3.63, 3.8) is 0 Å². The van der Waals surface area contributed by atoms with E-state index in [0.29, 0.717) is 25.4 Å². The minimum Gasteiger partial charge on any atom is -0.481 e. The molecule has 1 aliphatic carbocycles. The third kappa shape index (κ3) is 6.64. The van der Waals surface area contributed by atoms with Gasteiger partial charge in [0.25, 0.3) is 0 Å². The number of carbonyl (C=O) groups is 2. The predicted molar refractivity (Wildman–Crippen MR) is 82.8 cm³/mol. The zero-order chi connectivity index (χ0) is 16.8. The van der Waals surface area contributed by atoms with Crippen molar-refractivity contribution in [3.05, 3.63) is 0 Å². The van der Waals surface area contributed by atoms with Crippen LogP contribution in [0.3, 0.4) is 0 Å². The predicted octanol–water partition coefficient (Wildman–Crippen LogP) is 2.81. The number of hydrogen-bond acceptors (Lipinski definition) is 4.